The summed E-state index contributed by atoms with van der Waals surface area (Å²) >= 11 is 0. The fourth-order valence-electron chi connectivity index (χ4n) is 2.96. The van der Waals surface area contributed by atoms with Gasteiger partial charge < -0.3 is 10.4 Å². The molecular weight excluding hydrogens is 268 g/mol. The number of rotatable bonds is 3. The number of aliphatic carboxylic acids is 1. The maximum Gasteiger partial charge on any atom is 0.307 e. The SMILES string of the molecule is CC1(C)[C@H](C(=O)O)[C@@H]1C(=O)Nc1ccc2ncccc2c1. The van der Waals surface area contributed by atoms with E-state index in [0.717, 1.165) is 10.9 Å². The van der Waals surface area contributed by atoms with Crippen molar-refractivity contribution in [2.45, 2.75) is 13.8 Å². The van der Waals surface area contributed by atoms with Crippen molar-refractivity contribution in [3.8, 4) is 0 Å². The Morgan fingerprint density at radius 1 is 1.24 bits per heavy atom. The molecule has 5 nitrogen and oxygen atoms in total. The highest BCUT2D eigenvalue weighted by Gasteiger charge is 2.65. The van der Waals surface area contributed by atoms with Crippen LogP contribution in [0.4, 0.5) is 5.69 Å². The molecule has 1 fully saturated rings. The highest BCUT2D eigenvalue weighted by molar-refractivity contribution is 6.00. The minimum absolute atomic E-state index is 0.240. The standard InChI is InChI=1S/C16H16N2O3/c1-16(2)12(13(16)15(20)21)14(19)18-10-5-6-11-9(8-10)4-3-7-17-11/h3-8,12-13H,1-2H3,(H,18,19)(H,20,21)/t12-,13+/m1/s1. The van der Waals surface area contributed by atoms with Gasteiger partial charge in [-0.05, 0) is 29.7 Å². The van der Waals surface area contributed by atoms with Gasteiger partial charge in [0.2, 0.25) is 5.91 Å². The number of nitrogens with one attached hydrogen (secondary N) is 1. The average molecular weight is 284 g/mol. The van der Waals surface area contributed by atoms with Crippen LogP contribution in [0.3, 0.4) is 0 Å². The van der Waals surface area contributed by atoms with Gasteiger partial charge in [-0.1, -0.05) is 19.9 Å². The Morgan fingerprint density at radius 2 is 2.00 bits per heavy atom. The van der Waals surface area contributed by atoms with E-state index in [-0.39, 0.29) is 5.91 Å². The molecule has 1 aromatic carbocycles. The zero-order valence-electron chi connectivity index (χ0n) is 11.8. The van der Waals surface area contributed by atoms with Crippen LogP contribution in [0, 0.1) is 17.3 Å². The summed E-state index contributed by atoms with van der Waals surface area (Å²) in [6.07, 6.45) is 1.71. The van der Waals surface area contributed by atoms with Crippen LogP contribution in [-0.4, -0.2) is 22.0 Å². The molecule has 3 rings (SSSR count). The summed E-state index contributed by atoms with van der Waals surface area (Å²) in [5.41, 5.74) is 1.02. The van der Waals surface area contributed by atoms with Crippen LogP contribution in [0.1, 0.15) is 13.8 Å². The fourth-order valence-corrected chi connectivity index (χ4v) is 2.96. The summed E-state index contributed by atoms with van der Waals surface area (Å²) in [7, 11) is 0. The van der Waals surface area contributed by atoms with Crippen molar-refractivity contribution in [2.75, 3.05) is 5.32 Å². The second-order valence-electron chi connectivity index (χ2n) is 6.02. The van der Waals surface area contributed by atoms with E-state index in [9.17, 15) is 9.59 Å². The molecule has 2 aromatic rings. The summed E-state index contributed by atoms with van der Waals surface area (Å²) in [6.45, 7) is 3.61. The highest BCUT2D eigenvalue weighted by atomic mass is 16.4. The third-order valence-electron chi connectivity index (χ3n) is 4.25. The number of hydrogen-bond donors (Lipinski definition) is 2. The quantitative estimate of drug-likeness (QED) is 0.907. The first-order valence-corrected chi connectivity index (χ1v) is 6.80. The number of carboxylic acid groups (broad SMARTS) is 1. The van der Waals surface area contributed by atoms with E-state index >= 15 is 0 Å². The monoisotopic (exact) mass is 284 g/mol. The lowest BCUT2D eigenvalue weighted by molar-refractivity contribution is -0.140. The molecule has 2 atom stereocenters. The van der Waals surface area contributed by atoms with E-state index in [0.29, 0.717) is 5.69 Å². The van der Waals surface area contributed by atoms with Crippen LogP contribution in [0.5, 0.6) is 0 Å². The number of benzene rings is 1. The maximum absolute atomic E-state index is 12.3. The van der Waals surface area contributed by atoms with Crippen LogP contribution in [0.25, 0.3) is 10.9 Å². The molecule has 0 radical (unpaired) electrons. The molecule has 1 aromatic heterocycles. The molecule has 0 bridgehead atoms. The summed E-state index contributed by atoms with van der Waals surface area (Å²) < 4.78 is 0. The summed E-state index contributed by atoms with van der Waals surface area (Å²) in [4.78, 5) is 27.6. The molecule has 5 heteroatoms. The highest BCUT2D eigenvalue weighted by Crippen LogP contribution is 2.58. The van der Waals surface area contributed by atoms with Crippen molar-refractivity contribution in [3.63, 3.8) is 0 Å². The van der Waals surface area contributed by atoms with Crippen molar-refractivity contribution in [1.82, 2.24) is 4.98 Å². The summed E-state index contributed by atoms with van der Waals surface area (Å²) in [5.74, 6) is -2.25. The maximum atomic E-state index is 12.3. The van der Waals surface area contributed by atoms with E-state index in [4.69, 9.17) is 5.11 Å². The van der Waals surface area contributed by atoms with E-state index in [1.807, 2.05) is 24.3 Å². The van der Waals surface area contributed by atoms with Gasteiger partial charge in [-0.3, -0.25) is 14.6 Å². The van der Waals surface area contributed by atoms with Crippen LogP contribution in [-0.2, 0) is 9.59 Å². The van der Waals surface area contributed by atoms with Gasteiger partial charge in [0.1, 0.15) is 0 Å². The average Bonchev–Trinajstić information content (AvgIpc) is 3.02. The van der Waals surface area contributed by atoms with Crippen molar-refractivity contribution >= 4 is 28.5 Å². The Bertz CT molecular complexity index is 739. The normalized spacial score (nSPS) is 22.8. The second kappa shape index (κ2) is 4.55. The minimum Gasteiger partial charge on any atom is -0.481 e. The molecule has 21 heavy (non-hydrogen) atoms. The summed E-state index contributed by atoms with van der Waals surface area (Å²) in [5, 5.41) is 12.9. The van der Waals surface area contributed by atoms with E-state index in [1.54, 1.807) is 26.1 Å². The van der Waals surface area contributed by atoms with Gasteiger partial charge in [0.05, 0.1) is 17.4 Å². The van der Waals surface area contributed by atoms with Crippen LogP contribution in [0.15, 0.2) is 36.5 Å². The van der Waals surface area contributed by atoms with Crippen molar-refractivity contribution in [1.29, 1.82) is 0 Å². The number of nitrogens with zero attached hydrogens (tertiary/aromatic N) is 1. The molecule has 1 heterocycles. The molecule has 2 N–H and O–H groups in total. The number of hydrogen-bond acceptors (Lipinski definition) is 3. The third kappa shape index (κ3) is 2.24. The van der Waals surface area contributed by atoms with Gasteiger partial charge in [-0.25, -0.2) is 0 Å². The molecule has 108 valence electrons. The first kappa shape index (κ1) is 13.5. The Hall–Kier alpha value is -2.43. The van der Waals surface area contributed by atoms with Crippen LogP contribution in [0.2, 0.25) is 0 Å². The van der Waals surface area contributed by atoms with E-state index in [1.165, 1.54) is 0 Å². The molecular formula is C16H16N2O3. The second-order valence-corrected chi connectivity index (χ2v) is 6.02. The first-order chi connectivity index (χ1) is 9.91. The Morgan fingerprint density at radius 3 is 2.67 bits per heavy atom. The van der Waals surface area contributed by atoms with Gasteiger partial charge in [0.15, 0.2) is 0 Å². The predicted octanol–water partition coefficient (Wildman–Crippen LogP) is 2.53. The van der Waals surface area contributed by atoms with E-state index < -0.39 is 23.2 Å². The number of fused-ring (bicyclic) bond motifs is 1. The lowest BCUT2D eigenvalue weighted by atomic mass is 10.1. The lowest BCUT2D eigenvalue weighted by Crippen LogP contribution is -2.17. The van der Waals surface area contributed by atoms with Crippen molar-refractivity contribution < 1.29 is 14.7 Å². The molecule has 0 saturated heterocycles. The molecule has 1 aliphatic carbocycles. The number of aromatic nitrogens is 1. The number of amides is 1. The molecule has 1 amide bonds. The number of carbonyl (C=O) groups excluding carboxylic acids is 1. The molecule has 1 saturated carbocycles. The smallest absolute Gasteiger partial charge is 0.307 e. The van der Waals surface area contributed by atoms with Gasteiger partial charge in [-0.2, -0.15) is 0 Å². The molecule has 0 aliphatic heterocycles. The zero-order chi connectivity index (χ0) is 15.2. The fraction of sp³-hybridized carbons (Fsp3) is 0.312. The summed E-state index contributed by atoms with van der Waals surface area (Å²) in [6, 6.07) is 9.19. The van der Waals surface area contributed by atoms with E-state index in [2.05, 4.69) is 10.3 Å². The van der Waals surface area contributed by atoms with Gasteiger partial charge >= 0.3 is 5.97 Å². The van der Waals surface area contributed by atoms with Crippen molar-refractivity contribution in [2.24, 2.45) is 17.3 Å². The largest absolute Gasteiger partial charge is 0.481 e. The Labute approximate surface area is 122 Å². The Kier molecular flexibility index (Phi) is 2.93. The third-order valence-corrected chi connectivity index (χ3v) is 4.25. The number of carboxylic acids is 1. The zero-order valence-corrected chi connectivity index (χ0v) is 11.8. The van der Waals surface area contributed by atoms with Crippen molar-refractivity contribution in [3.05, 3.63) is 36.5 Å². The predicted molar refractivity (Wildman–Crippen MR) is 78.8 cm³/mol. The number of pyridine rings is 1. The van der Waals surface area contributed by atoms with Gasteiger partial charge in [0.25, 0.3) is 0 Å². The minimum atomic E-state index is -0.914. The Balaban J connectivity index is 1.80. The number of anilines is 1. The van der Waals surface area contributed by atoms with Crippen LogP contribution < -0.4 is 5.32 Å². The van der Waals surface area contributed by atoms with Gasteiger partial charge in [0, 0.05) is 17.3 Å². The first-order valence-electron chi connectivity index (χ1n) is 6.80. The lowest BCUT2D eigenvalue weighted by Gasteiger charge is -2.07. The molecule has 0 spiro atoms. The van der Waals surface area contributed by atoms with Crippen LogP contribution >= 0.6 is 0 Å². The topological polar surface area (TPSA) is 79.3 Å². The molecule has 0 unspecified atom stereocenters. The number of carbonyl (C=O) groups is 2. The van der Waals surface area contributed by atoms with Gasteiger partial charge in [-0.15, -0.1) is 0 Å². The molecule has 1 aliphatic rings.